The standard InChI is InChI=1S/C25H23N3O2S/c1-3-16(2)19-11-14-22-21(15-19)27-24(30-22)18-9-12-20(13-10-18)26-25(31)28-23(29)17-7-5-4-6-8-17/h4-16H,3H2,1-2H3,(H2,26,28,29,31)/t16-/m1/s1. The number of oxazole rings is 1. The molecule has 0 saturated carbocycles. The van der Waals surface area contributed by atoms with Gasteiger partial charge in [-0.3, -0.25) is 10.1 Å². The largest absolute Gasteiger partial charge is 0.436 e. The zero-order valence-electron chi connectivity index (χ0n) is 17.4. The Morgan fingerprint density at radius 3 is 2.52 bits per heavy atom. The van der Waals surface area contributed by atoms with Gasteiger partial charge in [0.2, 0.25) is 5.89 Å². The molecule has 0 bridgehead atoms. The number of fused-ring (bicyclic) bond motifs is 1. The minimum absolute atomic E-state index is 0.237. The smallest absolute Gasteiger partial charge is 0.257 e. The van der Waals surface area contributed by atoms with Crippen LogP contribution in [0.1, 0.15) is 42.1 Å². The molecule has 3 aromatic carbocycles. The molecule has 0 radical (unpaired) electrons. The minimum atomic E-state index is -0.252. The van der Waals surface area contributed by atoms with E-state index in [1.807, 2.05) is 36.4 Å². The van der Waals surface area contributed by atoms with Crippen LogP contribution in [0.15, 0.2) is 77.2 Å². The summed E-state index contributed by atoms with van der Waals surface area (Å²) in [5, 5.41) is 5.94. The third kappa shape index (κ3) is 4.81. The molecule has 0 spiro atoms. The molecule has 5 nitrogen and oxygen atoms in total. The molecule has 2 N–H and O–H groups in total. The lowest BCUT2D eigenvalue weighted by molar-refractivity contribution is 0.0977. The summed E-state index contributed by atoms with van der Waals surface area (Å²) in [5.41, 5.74) is 5.08. The van der Waals surface area contributed by atoms with Gasteiger partial charge in [0.25, 0.3) is 5.91 Å². The SMILES string of the molecule is CC[C@@H](C)c1ccc2oc(-c3ccc(NC(=S)NC(=O)c4ccccc4)cc3)nc2c1. The van der Waals surface area contributed by atoms with Crippen LogP contribution in [0, 0.1) is 0 Å². The second-order valence-electron chi connectivity index (χ2n) is 7.41. The van der Waals surface area contributed by atoms with E-state index in [2.05, 4.69) is 41.6 Å². The molecule has 6 heteroatoms. The molecule has 1 amide bonds. The lowest BCUT2D eigenvalue weighted by Crippen LogP contribution is -2.34. The fourth-order valence-corrected chi connectivity index (χ4v) is 3.44. The van der Waals surface area contributed by atoms with Gasteiger partial charge in [0.05, 0.1) is 0 Å². The molecular weight excluding hydrogens is 406 g/mol. The van der Waals surface area contributed by atoms with Crippen LogP contribution in [0.5, 0.6) is 0 Å². The minimum Gasteiger partial charge on any atom is -0.436 e. The van der Waals surface area contributed by atoms with Crippen LogP contribution in [0.25, 0.3) is 22.6 Å². The number of benzene rings is 3. The van der Waals surface area contributed by atoms with Gasteiger partial charge >= 0.3 is 0 Å². The van der Waals surface area contributed by atoms with Gasteiger partial charge in [0.15, 0.2) is 10.7 Å². The van der Waals surface area contributed by atoms with Crippen molar-refractivity contribution in [1.82, 2.24) is 10.3 Å². The van der Waals surface area contributed by atoms with Crippen molar-refractivity contribution in [2.45, 2.75) is 26.2 Å². The summed E-state index contributed by atoms with van der Waals surface area (Å²) in [6, 6.07) is 22.7. The Labute approximate surface area is 186 Å². The number of nitrogens with zero attached hydrogens (tertiary/aromatic N) is 1. The van der Waals surface area contributed by atoms with Crippen LogP contribution in [-0.4, -0.2) is 16.0 Å². The van der Waals surface area contributed by atoms with E-state index in [1.54, 1.807) is 24.3 Å². The van der Waals surface area contributed by atoms with Gasteiger partial charge in [-0.1, -0.05) is 38.1 Å². The number of anilines is 1. The zero-order valence-corrected chi connectivity index (χ0v) is 18.2. The maximum atomic E-state index is 12.2. The number of nitrogens with one attached hydrogen (secondary N) is 2. The Morgan fingerprint density at radius 1 is 1.06 bits per heavy atom. The Morgan fingerprint density at radius 2 is 1.81 bits per heavy atom. The first-order valence-corrected chi connectivity index (χ1v) is 10.6. The summed E-state index contributed by atoms with van der Waals surface area (Å²) >= 11 is 5.25. The predicted octanol–water partition coefficient (Wildman–Crippen LogP) is 6.14. The molecule has 4 rings (SSSR count). The van der Waals surface area contributed by atoms with Gasteiger partial charge < -0.3 is 9.73 Å². The van der Waals surface area contributed by atoms with Crippen molar-refractivity contribution in [3.8, 4) is 11.5 Å². The highest BCUT2D eigenvalue weighted by Crippen LogP contribution is 2.28. The number of hydrogen-bond donors (Lipinski definition) is 2. The molecule has 156 valence electrons. The molecule has 0 aliphatic rings. The fourth-order valence-electron chi connectivity index (χ4n) is 3.23. The first-order valence-electron chi connectivity index (χ1n) is 10.2. The molecular formula is C25H23N3O2S. The van der Waals surface area contributed by atoms with E-state index in [1.165, 1.54) is 5.56 Å². The number of aromatic nitrogens is 1. The number of amides is 1. The third-order valence-electron chi connectivity index (χ3n) is 5.25. The average molecular weight is 430 g/mol. The number of rotatable bonds is 5. The first-order chi connectivity index (χ1) is 15.0. The lowest BCUT2D eigenvalue weighted by atomic mass is 9.98. The molecule has 0 saturated heterocycles. The fraction of sp³-hybridized carbons (Fsp3) is 0.160. The Bertz CT molecular complexity index is 1220. The van der Waals surface area contributed by atoms with Crippen molar-refractivity contribution in [3.05, 3.63) is 83.9 Å². The first kappa shape index (κ1) is 20.8. The molecule has 4 aromatic rings. The van der Waals surface area contributed by atoms with Crippen LogP contribution in [0.2, 0.25) is 0 Å². The average Bonchev–Trinajstić information content (AvgIpc) is 3.23. The van der Waals surface area contributed by atoms with E-state index >= 15 is 0 Å². The Balaban J connectivity index is 1.44. The van der Waals surface area contributed by atoms with Gasteiger partial charge in [-0.15, -0.1) is 0 Å². The highest BCUT2D eigenvalue weighted by molar-refractivity contribution is 7.80. The van der Waals surface area contributed by atoms with Crippen molar-refractivity contribution in [2.24, 2.45) is 0 Å². The van der Waals surface area contributed by atoms with E-state index in [9.17, 15) is 4.79 Å². The van der Waals surface area contributed by atoms with Gasteiger partial charge in [-0.2, -0.15) is 0 Å². The highest BCUT2D eigenvalue weighted by Gasteiger charge is 2.12. The van der Waals surface area contributed by atoms with Gasteiger partial charge in [0, 0.05) is 16.8 Å². The second-order valence-corrected chi connectivity index (χ2v) is 7.82. The normalized spacial score (nSPS) is 11.8. The van der Waals surface area contributed by atoms with Gasteiger partial charge in [-0.25, -0.2) is 4.98 Å². The second kappa shape index (κ2) is 9.10. The summed E-state index contributed by atoms with van der Waals surface area (Å²) in [7, 11) is 0. The zero-order chi connectivity index (χ0) is 21.8. The van der Waals surface area contributed by atoms with Gasteiger partial charge in [-0.05, 0) is 78.7 Å². The van der Waals surface area contributed by atoms with E-state index in [0.717, 1.165) is 28.8 Å². The lowest BCUT2D eigenvalue weighted by Gasteiger charge is -2.09. The molecule has 1 aromatic heterocycles. The van der Waals surface area contributed by atoms with Crippen LogP contribution < -0.4 is 10.6 Å². The molecule has 0 fully saturated rings. The quantitative estimate of drug-likeness (QED) is 0.373. The molecule has 0 unspecified atom stereocenters. The summed E-state index contributed by atoms with van der Waals surface area (Å²) in [4.78, 5) is 16.8. The highest BCUT2D eigenvalue weighted by atomic mass is 32.1. The Kier molecular flexibility index (Phi) is 6.09. The number of carbonyl (C=O) groups excluding carboxylic acids is 1. The van der Waals surface area contributed by atoms with Crippen LogP contribution >= 0.6 is 12.2 Å². The van der Waals surface area contributed by atoms with E-state index in [4.69, 9.17) is 16.6 Å². The van der Waals surface area contributed by atoms with E-state index < -0.39 is 0 Å². The van der Waals surface area contributed by atoms with Crippen molar-refractivity contribution >= 4 is 40.0 Å². The molecule has 31 heavy (non-hydrogen) atoms. The van der Waals surface area contributed by atoms with Crippen molar-refractivity contribution in [3.63, 3.8) is 0 Å². The molecule has 0 aliphatic carbocycles. The molecule has 1 heterocycles. The summed E-state index contributed by atoms with van der Waals surface area (Å²) in [6.07, 6.45) is 1.08. The van der Waals surface area contributed by atoms with Crippen LogP contribution in [-0.2, 0) is 0 Å². The van der Waals surface area contributed by atoms with E-state index in [-0.39, 0.29) is 11.0 Å². The Hall–Kier alpha value is -3.51. The van der Waals surface area contributed by atoms with Crippen LogP contribution in [0.3, 0.4) is 0 Å². The van der Waals surface area contributed by atoms with Crippen molar-refractivity contribution < 1.29 is 9.21 Å². The topological polar surface area (TPSA) is 67.2 Å². The predicted molar refractivity (Wildman–Crippen MR) is 128 cm³/mol. The number of thiocarbonyl (C=S) groups is 1. The maximum absolute atomic E-state index is 12.2. The summed E-state index contributed by atoms with van der Waals surface area (Å²) in [6.45, 7) is 4.39. The van der Waals surface area contributed by atoms with E-state index in [0.29, 0.717) is 17.4 Å². The molecule has 1 atom stereocenters. The van der Waals surface area contributed by atoms with Crippen molar-refractivity contribution in [1.29, 1.82) is 0 Å². The monoisotopic (exact) mass is 429 g/mol. The van der Waals surface area contributed by atoms with Crippen molar-refractivity contribution in [2.75, 3.05) is 5.32 Å². The summed E-state index contributed by atoms with van der Waals surface area (Å²) < 4.78 is 5.93. The van der Waals surface area contributed by atoms with Crippen LogP contribution in [0.4, 0.5) is 5.69 Å². The van der Waals surface area contributed by atoms with Gasteiger partial charge in [0.1, 0.15) is 5.52 Å². The number of hydrogen-bond acceptors (Lipinski definition) is 4. The summed E-state index contributed by atoms with van der Waals surface area (Å²) in [5.74, 6) is 0.807. The third-order valence-corrected chi connectivity index (χ3v) is 5.45. The maximum Gasteiger partial charge on any atom is 0.257 e. The molecule has 0 aliphatic heterocycles. The number of carbonyl (C=O) groups is 1.